The lowest BCUT2D eigenvalue weighted by molar-refractivity contribution is 0.0598. The molecular formula is C23H18N2O6S. The van der Waals surface area contributed by atoms with Crippen LogP contribution in [0.3, 0.4) is 0 Å². The van der Waals surface area contributed by atoms with Crippen molar-refractivity contribution >= 4 is 33.5 Å². The third-order valence-electron chi connectivity index (χ3n) is 4.70. The minimum atomic E-state index is -0.608. The van der Waals surface area contributed by atoms with E-state index in [0.717, 1.165) is 21.7 Å². The maximum Gasteiger partial charge on any atom is 0.338 e. The first-order valence-electron chi connectivity index (χ1n) is 9.40. The number of esters is 2. The molecule has 0 N–H and O–H groups in total. The molecule has 8 nitrogen and oxygen atoms in total. The highest BCUT2D eigenvalue weighted by atomic mass is 32.1. The predicted octanol–water partition coefficient (Wildman–Crippen LogP) is 4.73. The molecule has 4 rings (SSSR count). The molecule has 0 spiro atoms. The number of carbonyl (C=O) groups is 2. The number of rotatable bonds is 6. The van der Waals surface area contributed by atoms with Gasteiger partial charge in [0, 0.05) is 10.9 Å². The Labute approximate surface area is 187 Å². The standard InChI is InChI=1S/C23H18N2O6S/c1-28-16-6-4-13(5-7-16)18-11-32-21-19(18)20(24-12-25-21)31-17-9-14(22(26)29-2)8-15(10-17)23(27)30-3/h4-12H,1-3H3. The van der Waals surface area contributed by atoms with Crippen molar-refractivity contribution in [3.8, 4) is 28.5 Å². The number of hydrogen-bond donors (Lipinski definition) is 0. The normalized spacial score (nSPS) is 10.6. The van der Waals surface area contributed by atoms with E-state index >= 15 is 0 Å². The molecule has 0 radical (unpaired) electrons. The highest BCUT2D eigenvalue weighted by Gasteiger charge is 2.18. The Morgan fingerprint density at radius 2 is 1.50 bits per heavy atom. The first-order chi connectivity index (χ1) is 15.5. The lowest BCUT2D eigenvalue weighted by Crippen LogP contribution is -2.07. The molecule has 0 aliphatic rings. The van der Waals surface area contributed by atoms with Crippen LogP contribution in [0.5, 0.6) is 17.4 Å². The summed E-state index contributed by atoms with van der Waals surface area (Å²) in [6.45, 7) is 0. The molecule has 0 amide bonds. The maximum atomic E-state index is 12.1. The van der Waals surface area contributed by atoms with Gasteiger partial charge in [-0.15, -0.1) is 11.3 Å². The second-order valence-corrected chi connectivity index (χ2v) is 7.43. The number of carbonyl (C=O) groups excluding carboxylic acids is 2. The molecule has 0 bridgehead atoms. The van der Waals surface area contributed by atoms with Crippen molar-refractivity contribution in [1.29, 1.82) is 0 Å². The molecule has 0 unspecified atom stereocenters. The monoisotopic (exact) mass is 450 g/mol. The lowest BCUT2D eigenvalue weighted by Gasteiger charge is -2.10. The average Bonchev–Trinajstić information content (AvgIpc) is 3.28. The summed E-state index contributed by atoms with van der Waals surface area (Å²) in [6.07, 6.45) is 1.40. The number of benzene rings is 2. The Bertz CT molecular complexity index is 1270. The van der Waals surface area contributed by atoms with E-state index in [-0.39, 0.29) is 16.9 Å². The van der Waals surface area contributed by atoms with Gasteiger partial charge >= 0.3 is 11.9 Å². The van der Waals surface area contributed by atoms with Crippen LogP contribution in [0.25, 0.3) is 21.3 Å². The van der Waals surface area contributed by atoms with Crippen molar-refractivity contribution in [2.24, 2.45) is 0 Å². The smallest absolute Gasteiger partial charge is 0.338 e. The van der Waals surface area contributed by atoms with Crippen molar-refractivity contribution in [2.45, 2.75) is 0 Å². The fourth-order valence-corrected chi connectivity index (χ4v) is 4.06. The zero-order chi connectivity index (χ0) is 22.7. The number of thiophene rings is 1. The van der Waals surface area contributed by atoms with E-state index in [4.69, 9.17) is 18.9 Å². The number of ether oxygens (including phenoxy) is 4. The van der Waals surface area contributed by atoms with Crippen molar-refractivity contribution < 1.29 is 28.5 Å². The SMILES string of the molecule is COC(=O)c1cc(Oc2ncnc3scc(-c4ccc(OC)cc4)c23)cc(C(=O)OC)c1. The molecule has 9 heteroatoms. The van der Waals surface area contributed by atoms with Gasteiger partial charge < -0.3 is 18.9 Å². The minimum Gasteiger partial charge on any atom is -0.497 e. The first kappa shape index (κ1) is 21.3. The molecule has 0 saturated carbocycles. The summed E-state index contributed by atoms with van der Waals surface area (Å²) in [7, 11) is 4.13. The second-order valence-electron chi connectivity index (χ2n) is 6.57. The fraction of sp³-hybridized carbons (Fsp3) is 0.130. The molecule has 2 heterocycles. The van der Waals surface area contributed by atoms with Gasteiger partial charge in [-0.05, 0) is 35.9 Å². The van der Waals surface area contributed by atoms with Gasteiger partial charge in [0.05, 0.1) is 37.8 Å². The second kappa shape index (κ2) is 9.03. The van der Waals surface area contributed by atoms with Crippen LogP contribution in [0.4, 0.5) is 0 Å². The summed E-state index contributed by atoms with van der Waals surface area (Å²) in [5, 5.41) is 2.68. The van der Waals surface area contributed by atoms with Gasteiger partial charge in [0.1, 0.15) is 22.7 Å². The molecule has 0 aliphatic heterocycles. The van der Waals surface area contributed by atoms with Crippen LogP contribution in [-0.4, -0.2) is 43.2 Å². The van der Waals surface area contributed by atoms with Crippen molar-refractivity contribution in [1.82, 2.24) is 9.97 Å². The molecule has 4 aromatic rings. The highest BCUT2D eigenvalue weighted by Crippen LogP contribution is 2.39. The van der Waals surface area contributed by atoms with Gasteiger partial charge in [-0.3, -0.25) is 0 Å². The summed E-state index contributed by atoms with van der Waals surface area (Å²) in [5.74, 6) is 0.0573. The number of hydrogen-bond acceptors (Lipinski definition) is 9. The Hall–Kier alpha value is -3.98. The largest absolute Gasteiger partial charge is 0.497 e. The third kappa shape index (κ3) is 4.10. The maximum absolute atomic E-state index is 12.1. The van der Waals surface area contributed by atoms with Crippen molar-refractivity contribution in [3.05, 3.63) is 65.3 Å². The number of nitrogens with zero attached hydrogens (tertiary/aromatic N) is 2. The Kier molecular flexibility index (Phi) is 6.00. The Morgan fingerprint density at radius 1 is 0.844 bits per heavy atom. The number of aromatic nitrogens is 2. The lowest BCUT2D eigenvalue weighted by atomic mass is 10.1. The van der Waals surface area contributed by atoms with Crippen LogP contribution in [0.1, 0.15) is 20.7 Å². The summed E-state index contributed by atoms with van der Waals surface area (Å²) in [5.41, 5.74) is 2.13. The van der Waals surface area contributed by atoms with Gasteiger partial charge in [-0.1, -0.05) is 12.1 Å². The predicted molar refractivity (Wildman–Crippen MR) is 119 cm³/mol. The van der Waals surface area contributed by atoms with Crippen LogP contribution in [0.2, 0.25) is 0 Å². The Balaban J connectivity index is 1.80. The van der Waals surface area contributed by atoms with E-state index < -0.39 is 11.9 Å². The number of methoxy groups -OCH3 is 3. The van der Waals surface area contributed by atoms with Gasteiger partial charge in [-0.25, -0.2) is 19.6 Å². The molecule has 32 heavy (non-hydrogen) atoms. The van der Waals surface area contributed by atoms with Crippen LogP contribution < -0.4 is 9.47 Å². The Morgan fingerprint density at radius 3 is 2.09 bits per heavy atom. The third-order valence-corrected chi connectivity index (χ3v) is 5.59. The van der Waals surface area contributed by atoms with E-state index in [2.05, 4.69) is 9.97 Å². The average molecular weight is 450 g/mol. The highest BCUT2D eigenvalue weighted by molar-refractivity contribution is 7.17. The van der Waals surface area contributed by atoms with Gasteiger partial charge in [0.15, 0.2) is 0 Å². The van der Waals surface area contributed by atoms with Crippen LogP contribution >= 0.6 is 11.3 Å². The van der Waals surface area contributed by atoms with Crippen LogP contribution in [0, 0.1) is 0 Å². The molecule has 0 saturated heterocycles. The molecule has 2 aromatic heterocycles. The quantitative estimate of drug-likeness (QED) is 0.389. The summed E-state index contributed by atoms with van der Waals surface area (Å²) in [6, 6.07) is 11.9. The van der Waals surface area contributed by atoms with E-state index in [1.165, 1.54) is 50.1 Å². The molecule has 0 atom stereocenters. The summed E-state index contributed by atoms with van der Waals surface area (Å²) in [4.78, 5) is 33.5. The van der Waals surface area contributed by atoms with Crippen LogP contribution in [0.15, 0.2) is 54.2 Å². The fourth-order valence-electron chi connectivity index (χ4n) is 3.15. The van der Waals surface area contributed by atoms with Gasteiger partial charge in [0.25, 0.3) is 0 Å². The van der Waals surface area contributed by atoms with Gasteiger partial charge in [0.2, 0.25) is 5.88 Å². The molecule has 0 aliphatic carbocycles. The zero-order valence-corrected chi connectivity index (χ0v) is 18.3. The van der Waals surface area contributed by atoms with Crippen molar-refractivity contribution in [2.75, 3.05) is 21.3 Å². The molecule has 2 aromatic carbocycles. The topological polar surface area (TPSA) is 96.8 Å². The van der Waals surface area contributed by atoms with E-state index in [9.17, 15) is 9.59 Å². The van der Waals surface area contributed by atoms with Gasteiger partial charge in [-0.2, -0.15) is 0 Å². The summed E-state index contributed by atoms with van der Waals surface area (Å²) < 4.78 is 20.8. The molecule has 162 valence electrons. The van der Waals surface area contributed by atoms with E-state index in [1.807, 2.05) is 29.6 Å². The van der Waals surface area contributed by atoms with E-state index in [0.29, 0.717) is 11.3 Å². The van der Waals surface area contributed by atoms with Crippen molar-refractivity contribution in [3.63, 3.8) is 0 Å². The molecular weight excluding hydrogens is 432 g/mol. The molecule has 0 fully saturated rings. The first-order valence-corrected chi connectivity index (χ1v) is 10.3. The zero-order valence-electron chi connectivity index (χ0n) is 17.4. The number of fused-ring (bicyclic) bond motifs is 1. The minimum absolute atomic E-state index is 0.149. The summed E-state index contributed by atoms with van der Waals surface area (Å²) >= 11 is 1.46. The van der Waals surface area contributed by atoms with E-state index in [1.54, 1.807) is 7.11 Å². The van der Waals surface area contributed by atoms with Crippen LogP contribution in [-0.2, 0) is 9.47 Å².